The zero-order valence-corrected chi connectivity index (χ0v) is 12.0. The molecule has 5 heteroatoms. The van der Waals surface area contributed by atoms with E-state index in [1.165, 1.54) is 0 Å². The van der Waals surface area contributed by atoms with Gasteiger partial charge in [0.15, 0.2) is 0 Å². The van der Waals surface area contributed by atoms with Crippen molar-refractivity contribution in [3.63, 3.8) is 0 Å². The number of nitrogen functional groups attached to an aromatic ring is 1. The fraction of sp³-hybridized carbons (Fsp3) is 0.500. The van der Waals surface area contributed by atoms with E-state index in [2.05, 4.69) is 5.32 Å². The molecule has 0 radical (unpaired) electrons. The van der Waals surface area contributed by atoms with Gasteiger partial charge < -0.3 is 21.1 Å². The van der Waals surface area contributed by atoms with Gasteiger partial charge in [0.25, 0.3) is 5.91 Å². The Labute approximate surface area is 114 Å². The van der Waals surface area contributed by atoms with Crippen LogP contribution >= 0.6 is 0 Å². The van der Waals surface area contributed by atoms with Crippen LogP contribution in [0.1, 0.15) is 30.6 Å². The van der Waals surface area contributed by atoms with Gasteiger partial charge in [-0.15, -0.1) is 0 Å². The summed E-state index contributed by atoms with van der Waals surface area (Å²) in [4.78, 5) is 13.8. The van der Waals surface area contributed by atoms with E-state index in [-0.39, 0.29) is 12.5 Å². The van der Waals surface area contributed by atoms with Crippen LogP contribution in [0.5, 0.6) is 0 Å². The number of aliphatic hydroxyl groups is 1. The van der Waals surface area contributed by atoms with Crippen LogP contribution in [-0.4, -0.2) is 37.3 Å². The smallest absolute Gasteiger partial charge is 0.251 e. The zero-order chi connectivity index (χ0) is 14.6. The molecule has 0 aliphatic carbocycles. The molecule has 0 aliphatic heterocycles. The number of nitrogens with one attached hydrogen (secondary N) is 1. The summed E-state index contributed by atoms with van der Waals surface area (Å²) in [5.74, 6) is -0.231. The molecule has 0 heterocycles. The number of rotatable bonds is 5. The van der Waals surface area contributed by atoms with Crippen LogP contribution in [-0.2, 0) is 0 Å². The summed E-state index contributed by atoms with van der Waals surface area (Å²) in [6, 6.07) is 5.18. The van der Waals surface area contributed by atoms with Crippen LogP contribution < -0.4 is 16.0 Å². The van der Waals surface area contributed by atoms with E-state index in [1.807, 2.05) is 32.0 Å². The molecule has 0 bridgehead atoms. The van der Waals surface area contributed by atoms with Crippen LogP contribution in [0.25, 0.3) is 0 Å². The summed E-state index contributed by atoms with van der Waals surface area (Å²) in [5, 5.41) is 12.6. The number of nitrogens with zero attached hydrogens (tertiary/aromatic N) is 1. The average Bonchev–Trinajstić information content (AvgIpc) is 2.35. The van der Waals surface area contributed by atoms with E-state index in [9.17, 15) is 9.90 Å². The van der Waals surface area contributed by atoms with E-state index >= 15 is 0 Å². The van der Waals surface area contributed by atoms with Gasteiger partial charge in [-0.05, 0) is 31.5 Å². The Hall–Kier alpha value is -1.75. The minimum atomic E-state index is -0.884. The van der Waals surface area contributed by atoms with Crippen LogP contribution in [0.15, 0.2) is 18.2 Å². The number of nitrogens with two attached hydrogens (primary N) is 1. The molecule has 1 aromatic rings. The number of carbonyl (C=O) groups is 1. The highest BCUT2D eigenvalue weighted by molar-refractivity contribution is 5.96. The Morgan fingerprint density at radius 2 is 2.11 bits per heavy atom. The largest absolute Gasteiger partial charge is 0.397 e. The van der Waals surface area contributed by atoms with Crippen LogP contribution in [0, 0.1) is 0 Å². The molecule has 19 heavy (non-hydrogen) atoms. The Bertz CT molecular complexity index is 456. The number of anilines is 2. The second kappa shape index (κ2) is 5.93. The van der Waals surface area contributed by atoms with E-state index < -0.39 is 5.60 Å². The predicted molar refractivity (Wildman–Crippen MR) is 78.4 cm³/mol. The summed E-state index contributed by atoms with van der Waals surface area (Å²) in [7, 11) is 3.79. The fourth-order valence-corrected chi connectivity index (χ4v) is 1.60. The van der Waals surface area contributed by atoms with Gasteiger partial charge in [0.05, 0.1) is 17.0 Å². The van der Waals surface area contributed by atoms with E-state index in [0.717, 1.165) is 5.69 Å². The van der Waals surface area contributed by atoms with Crippen molar-refractivity contribution in [1.82, 2.24) is 5.32 Å². The third kappa shape index (κ3) is 4.13. The summed E-state index contributed by atoms with van der Waals surface area (Å²) >= 11 is 0. The minimum absolute atomic E-state index is 0.220. The van der Waals surface area contributed by atoms with Crippen LogP contribution in [0.4, 0.5) is 11.4 Å². The summed E-state index contributed by atoms with van der Waals surface area (Å²) < 4.78 is 0. The Morgan fingerprint density at radius 1 is 1.47 bits per heavy atom. The first-order valence-corrected chi connectivity index (χ1v) is 6.34. The molecule has 0 saturated carbocycles. The Morgan fingerprint density at radius 3 is 2.58 bits per heavy atom. The highest BCUT2D eigenvalue weighted by atomic mass is 16.3. The molecular weight excluding hydrogens is 242 g/mol. The van der Waals surface area contributed by atoms with Crippen molar-refractivity contribution >= 4 is 17.3 Å². The first-order valence-electron chi connectivity index (χ1n) is 6.34. The molecule has 1 aromatic carbocycles. The molecule has 0 fully saturated rings. The molecule has 0 aromatic heterocycles. The van der Waals surface area contributed by atoms with Crippen molar-refractivity contribution in [3.8, 4) is 0 Å². The van der Waals surface area contributed by atoms with Crippen molar-refractivity contribution in [2.45, 2.75) is 25.9 Å². The molecule has 1 amide bonds. The molecule has 0 spiro atoms. The van der Waals surface area contributed by atoms with E-state index in [4.69, 9.17) is 5.73 Å². The SMILES string of the molecule is CCC(C)(O)CNC(=O)c1ccc(N(C)C)c(N)c1. The Kier molecular flexibility index (Phi) is 4.78. The van der Waals surface area contributed by atoms with Crippen LogP contribution in [0.2, 0.25) is 0 Å². The summed E-state index contributed by atoms with van der Waals surface area (Å²) in [5.41, 5.74) is 6.94. The molecule has 0 aliphatic rings. The van der Waals surface area contributed by atoms with Gasteiger partial charge in [0.1, 0.15) is 0 Å². The minimum Gasteiger partial charge on any atom is -0.397 e. The maximum Gasteiger partial charge on any atom is 0.251 e. The van der Waals surface area contributed by atoms with Crippen molar-refractivity contribution in [3.05, 3.63) is 23.8 Å². The lowest BCUT2D eigenvalue weighted by Gasteiger charge is -2.21. The van der Waals surface area contributed by atoms with Gasteiger partial charge >= 0.3 is 0 Å². The lowest BCUT2D eigenvalue weighted by Crippen LogP contribution is -2.40. The van der Waals surface area contributed by atoms with Gasteiger partial charge in [-0.3, -0.25) is 4.79 Å². The first-order chi connectivity index (χ1) is 8.76. The second-order valence-electron chi connectivity index (χ2n) is 5.20. The van der Waals surface area contributed by atoms with E-state index in [1.54, 1.807) is 19.1 Å². The number of carbonyl (C=O) groups excluding carboxylic acids is 1. The van der Waals surface area contributed by atoms with Gasteiger partial charge in [-0.2, -0.15) is 0 Å². The Balaban J connectivity index is 2.76. The number of benzene rings is 1. The van der Waals surface area contributed by atoms with Gasteiger partial charge in [0.2, 0.25) is 0 Å². The molecule has 5 nitrogen and oxygen atoms in total. The molecule has 1 unspecified atom stereocenters. The summed E-state index contributed by atoms with van der Waals surface area (Å²) in [6.07, 6.45) is 0.578. The number of hydrogen-bond acceptors (Lipinski definition) is 4. The van der Waals surface area contributed by atoms with Crippen molar-refractivity contribution in [2.24, 2.45) is 0 Å². The monoisotopic (exact) mass is 265 g/mol. The topological polar surface area (TPSA) is 78.6 Å². The zero-order valence-electron chi connectivity index (χ0n) is 12.0. The van der Waals surface area contributed by atoms with Gasteiger partial charge in [-0.1, -0.05) is 6.92 Å². The van der Waals surface area contributed by atoms with Gasteiger partial charge in [-0.25, -0.2) is 0 Å². The van der Waals surface area contributed by atoms with E-state index in [0.29, 0.717) is 17.7 Å². The molecule has 106 valence electrons. The highest BCUT2D eigenvalue weighted by Crippen LogP contribution is 2.22. The first kappa shape index (κ1) is 15.3. The summed E-state index contributed by atoms with van der Waals surface area (Å²) in [6.45, 7) is 3.78. The normalized spacial score (nSPS) is 13.7. The number of hydrogen-bond donors (Lipinski definition) is 3. The average molecular weight is 265 g/mol. The standard InChI is InChI=1S/C14H23N3O2/c1-5-14(2,19)9-16-13(18)10-6-7-12(17(3)4)11(15)8-10/h6-8,19H,5,9,15H2,1-4H3,(H,16,18). The van der Waals surface area contributed by atoms with Crippen molar-refractivity contribution in [2.75, 3.05) is 31.3 Å². The predicted octanol–water partition coefficient (Wildman–Crippen LogP) is 1.23. The highest BCUT2D eigenvalue weighted by Gasteiger charge is 2.19. The molecule has 0 saturated heterocycles. The molecular formula is C14H23N3O2. The third-order valence-electron chi connectivity index (χ3n) is 3.16. The van der Waals surface area contributed by atoms with Gasteiger partial charge in [0, 0.05) is 26.2 Å². The maximum absolute atomic E-state index is 11.9. The lowest BCUT2D eigenvalue weighted by molar-refractivity contribution is 0.0518. The van der Waals surface area contributed by atoms with Crippen molar-refractivity contribution < 1.29 is 9.90 Å². The third-order valence-corrected chi connectivity index (χ3v) is 3.16. The molecule has 1 rings (SSSR count). The van der Waals surface area contributed by atoms with Crippen LogP contribution in [0.3, 0.4) is 0 Å². The molecule has 4 N–H and O–H groups in total. The number of amides is 1. The molecule has 1 atom stereocenters. The lowest BCUT2D eigenvalue weighted by atomic mass is 10.0. The maximum atomic E-state index is 11.9. The second-order valence-corrected chi connectivity index (χ2v) is 5.20. The fourth-order valence-electron chi connectivity index (χ4n) is 1.60. The van der Waals surface area contributed by atoms with Crippen molar-refractivity contribution in [1.29, 1.82) is 0 Å². The quantitative estimate of drug-likeness (QED) is 0.700.